The standard InChI is InChI=1S/C32H26ClN3O5S/c1-19-8-17-27(41-3)26(18-19)36-31(38)28(34-20-9-13-22(40-2)14-10-20)29(32(36)39)42-23-15-11-21(12-16-23)35-30(37)24-6-4-5-7-25(24)33/h4-18,34H,1-3H3,(H,35,37). The van der Waals surface area contributed by atoms with Gasteiger partial charge in [-0.1, -0.05) is 41.6 Å². The van der Waals surface area contributed by atoms with Gasteiger partial charge in [0.15, 0.2) is 0 Å². The molecular weight excluding hydrogens is 574 g/mol. The molecule has 4 aromatic carbocycles. The summed E-state index contributed by atoms with van der Waals surface area (Å²) in [5.74, 6) is -0.275. The second-order valence-corrected chi connectivity index (χ2v) is 10.7. The van der Waals surface area contributed by atoms with Gasteiger partial charge in [0, 0.05) is 16.3 Å². The summed E-state index contributed by atoms with van der Waals surface area (Å²) < 4.78 is 10.7. The summed E-state index contributed by atoms with van der Waals surface area (Å²) in [7, 11) is 3.06. The summed E-state index contributed by atoms with van der Waals surface area (Å²) in [6.07, 6.45) is 0. The number of halogens is 1. The van der Waals surface area contributed by atoms with Crippen molar-refractivity contribution >= 4 is 58.1 Å². The lowest BCUT2D eigenvalue weighted by atomic mass is 10.2. The minimum Gasteiger partial charge on any atom is -0.497 e. The van der Waals surface area contributed by atoms with E-state index in [2.05, 4.69) is 10.6 Å². The molecule has 0 saturated carbocycles. The number of rotatable bonds is 9. The number of aryl methyl sites for hydroxylation is 1. The predicted octanol–water partition coefficient (Wildman–Crippen LogP) is 6.91. The third-order valence-electron chi connectivity index (χ3n) is 6.43. The number of nitrogens with one attached hydrogen (secondary N) is 2. The molecule has 4 aromatic rings. The molecule has 42 heavy (non-hydrogen) atoms. The van der Waals surface area contributed by atoms with Crippen LogP contribution in [0.5, 0.6) is 11.5 Å². The Bertz CT molecular complexity index is 1700. The number of nitrogens with zero attached hydrogens (tertiary/aromatic N) is 1. The Morgan fingerprint density at radius 3 is 2.19 bits per heavy atom. The van der Waals surface area contributed by atoms with E-state index < -0.39 is 11.8 Å². The maximum absolute atomic E-state index is 13.8. The Labute approximate surface area is 252 Å². The van der Waals surface area contributed by atoms with Gasteiger partial charge in [-0.25, -0.2) is 4.90 Å². The van der Waals surface area contributed by atoms with E-state index in [9.17, 15) is 14.4 Å². The second-order valence-electron chi connectivity index (χ2n) is 9.24. The van der Waals surface area contributed by atoms with Crippen LogP contribution < -0.4 is 25.0 Å². The first-order chi connectivity index (χ1) is 20.3. The first-order valence-corrected chi connectivity index (χ1v) is 14.0. The number of hydrogen-bond donors (Lipinski definition) is 2. The molecule has 0 bridgehead atoms. The zero-order chi connectivity index (χ0) is 29.8. The van der Waals surface area contributed by atoms with Gasteiger partial charge >= 0.3 is 0 Å². The van der Waals surface area contributed by atoms with Crippen LogP contribution in [0.15, 0.2) is 106 Å². The van der Waals surface area contributed by atoms with Crippen LogP contribution in [0.4, 0.5) is 17.1 Å². The van der Waals surface area contributed by atoms with Gasteiger partial charge in [0.25, 0.3) is 17.7 Å². The van der Waals surface area contributed by atoms with Gasteiger partial charge in [0.2, 0.25) is 0 Å². The summed E-state index contributed by atoms with van der Waals surface area (Å²) in [5.41, 5.74) is 2.88. The van der Waals surface area contributed by atoms with Crippen LogP contribution >= 0.6 is 23.4 Å². The van der Waals surface area contributed by atoms with Crippen molar-refractivity contribution in [3.8, 4) is 11.5 Å². The quantitative estimate of drug-likeness (QED) is 0.202. The van der Waals surface area contributed by atoms with Gasteiger partial charge in [-0.15, -0.1) is 0 Å². The zero-order valence-electron chi connectivity index (χ0n) is 22.9. The van der Waals surface area contributed by atoms with Crippen LogP contribution in [0.25, 0.3) is 0 Å². The van der Waals surface area contributed by atoms with Crippen molar-refractivity contribution in [1.82, 2.24) is 0 Å². The van der Waals surface area contributed by atoms with E-state index in [0.717, 1.165) is 22.2 Å². The molecule has 3 amide bonds. The number of imide groups is 1. The van der Waals surface area contributed by atoms with E-state index in [1.807, 2.05) is 13.0 Å². The number of carbonyl (C=O) groups is 3. The van der Waals surface area contributed by atoms with Crippen LogP contribution in [0.1, 0.15) is 15.9 Å². The SMILES string of the molecule is COc1ccc(NC2=C(Sc3ccc(NC(=O)c4ccccc4Cl)cc3)C(=O)N(c3cc(C)ccc3OC)C2=O)cc1. The zero-order valence-corrected chi connectivity index (χ0v) is 24.5. The van der Waals surface area contributed by atoms with E-state index in [-0.39, 0.29) is 16.5 Å². The van der Waals surface area contributed by atoms with Crippen LogP contribution in [-0.4, -0.2) is 31.9 Å². The molecule has 5 rings (SSSR count). The van der Waals surface area contributed by atoms with Crippen LogP contribution in [0, 0.1) is 6.92 Å². The van der Waals surface area contributed by atoms with Crippen molar-refractivity contribution in [2.75, 3.05) is 29.8 Å². The topological polar surface area (TPSA) is 97.0 Å². The average molecular weight is 600 g/mol. The van der Waals surface area contributed by atoms with Crippen molar-refractivity contribution in [3.63, 3.8) is 0 Å². The second kappa shape index (κ2) is 12.4. The minimum atomic E-state index is -0.508. The highest BCUT2D eigenvalue weighted by molar-refractivity contribution is 8.04. The molecule has 0 atom stereocenters. The minimum absolute atomic E-state index is 0.134. The van der Waals surface area contributed by atoms with E-state index in [1.165, 1.54) is 7.11 Å². The number of thioether (sulfide) groups is 1. The fourth-order valence-corrected chi connectivity index (χ4v) is 5.44. The predicted molar refractivity (Wildman–Crippen MR) is 166 cm³/mol. The van der Waals surface area contributed by atoms with Gasteiger partial charge in [0.05, 0.1) is 30.5 Å². The van der Waals surface area contributed by atoms with Crippen molar-refractivity contribution in [3.05, 3.63) is 118 Å². The molecule has 0 unspecified atom stereocenters. The summed E-state index contributed by atoms with van der Waals surface area (Å²) >= 11 is 7.30. The number of ether oxygens (including phenoxy) is 2. The molecule has 0 radical (unpaired) electrons. The highest BCUT2D eigenvalue weighted by Crippen LogP contribution is 2.41. The van der Waals surface area contributed by atoms with E-state index >= 15 is 0 Å². The molecule has 10 heteroatoms. The Morgan fingerprint density at radius 2 is 1.52 bits per heavy atom. The summed E-state index contributed by atoms with van der Waals surface area (Å²) in [6.45, 7) is 1.87. The molecule has 1 aliphatic rings. The Balaban J connectivity index is 1.45. The van der Waals surface area contributed by atoms with E-state index in [0.29, 0.717) is 44.0 Å². The number of amides is 3. The van der Waals surface area contributed by atoms with Crippen LogP contribution in [-0.2, 0) is 9.59 Å². The van der Waals surface area contributed by atoms with Crippen molar-refractivity contribution < 1.29 is 23.9 Å². The molecule has 0 spiro atoms. The van der Waals surface area contributed by atoms with Gasteiger partial charge < -0.3 is 20.1 Å². The third kappa shape index (κ3) is 5.97. The summed E-state index contributed by atoms with van der Waals surface area (Å²) in [6, 6.07) is 26.1. The van der Waals surface area contributed by atoms with Gasteiger partial charge in [-0.2, -0.15) is 0 Å². The van der Waals surface area contributed by atoms with Crippen molar-refractivity contribution in [2.24, 2.45) is 0 Å². The molecule has 212 valence electrons. The molecule has 0 saturated heterocycles. The average Bonchev–Trinajstić information content (AvgIpc) is 3.22. The first kappa shape index (κ1) is 28.8. The summed E-state index contributed by atoms with van der Waals surface area (Å²) in [5, 5.41) is 6.31. The molecule has 1 heterocycles. The van der Waals surface area contributed by atoms with Gasteiger partial charge in [0.1, 0.15) is 22.1 Å². The molecule has 8 nitrogen and oxygen atoms in total. The third-order valence-corrected chi connectivity index (χ3v) is 7.85. The van der Waals surface area contributed by atoms with Crippen molar-refractivity contribution in [1.29, 1.82) is 0 Å². The van der Waals surface area contributed by atoms with E-state index in [4.69, 9.17) is 21.1 Å². The normalized spacial score (nSPS) is 12.9. The Hall–Kier alpha value is -4.73. The van der Waals surface area contributed by atoms with Gasteiger partial charge in [-0.3, -0.25) is 14.4 Å². The fraction of sp³-hybridized carbons (Fsp3) is 0.0938. The van der Waals surface area contributed by atoms with Crippen LogP contribution in [0.2, 0.25) is 5.02 Å². The number of hydrogen-bond acceptors (Lipinski definition) is 7. The van der Waals surface area contributed by atoms with Crippen molar-refractivity contribution in [2.45, 2.75) is 11.8 Å². The first-order valence-electron chi connectivity index (χ1n) is 12.8. The Morgan fingerprint density at radius 1 is 0.833 bits per heavy atom. The number of anilines is 3. The van der Waals surface area contributed by atoms with E-state index in [1.54, 1.807) is 92.0 Å². The summed E-state index contributed by atoms with van der Waals surface area (Å²) in [4.78, 5) is 42.3. The van der Waals surface area contributed by atoms with Gasteiger partial charge in [-0.05, 0) is 85.3 Å². The molecular formula is C32H26ClN3O5S. The molecule has 0 aromatic heterocycles. The lowest BCUT2D eigenvalue weighted by Gasteiger charge is -2.19. The highest BCUT2D eigenvalue weighted by atomic mass is 35.5. The molecule has 1 aliphatic heterocycles. The maximum atomic E-state index is 13.8. The molecule has 2 N–H and O–H groups in total. The van der Waals surface area contributed by atoms with Crippen LogP contribution in [0.3, 0.4) is 0 Å². The molecule has 0 fully saturated rings. The highest BCUT2D eigenvalue weighted by Gasteiger charge is 2.41. The maximum Gasteiger partial charge on any atom is 0.283 e. The number of carbonyl (C=O) groups excluding carboxylic acids is 3. The Kier molecular flexibility index (Phi) is 8.51. The largest absolute Gasteiger partial charge is 0.497 e. The smallest absolute Gasteiger partial charge is 0.283 e. The lowest BCUT2D eigenvalue weighted by Crippen LogP contribution is -2.32. The monoisotopic (exact) mass is 599 g/mol. The number of methoxy groups -OCH3 is 2. The molecule has 0 aliphatic carbocycles. The lowest BCUT2D eigenvalue weighted by molar-refractivity contribution is -0.120. The fourth-order valence-electron chi connectivity index (χ4n) is 4.29. The number of benzene rings is 4.